The van der Waals surface area contributed by atoms with Gasteiger partial charge in [-0.05, 0) is 26.3 Å². The van der Waals surface area contributed by atoms with Crippen LogP contribution in [0.4, 0.5) is 5.13 Å². The van der Waals surface area contributed by atoms with Crippen LogP contribution in [-0.2, 0) is 4.79 Å². The van der Waals surface area contributed by atoms with Gasteiger partial charge in [-0.25, -0.2) is 15.0 Å². The molecule has 114 valence electrons. The Morgan fingerprint density at radius 2 is 2.14 bits per heavy atom. The number of amides is 1. The minimum absolute atomic E-state index is 0.0750. The molecule has 1 N–H and O–H groups in total. The van der Waals surface area contributed by atoms with Gasteiger partial charge in [0.25, 0.3) is 0 Å². The van der Waals surface area contributed by atoms with E-state index in [0.717, 1.165) is 21.1 Å². The topological polar surface area (TPSA) is 67.8 Å². The van der Waals surface area contributed by atoms with E-state index in [1.807, 2.05) is 12.3 Å². The van der Waals surface area contributed by atoms with Crippen molar-refractivity contribution in [1.82, 2.24) is 15.0 Å². The van der Waals surface area contributed by atoms with Gasteiger partial charge in [-0.3, -0.25) is 4.79 Å². The molecule has 1 amide bonds. The predicted molar refractivity (Wildman–Crippen MR) is 93.1 cm³/mol. The number of rotatable bonds is 4. The summed E-state index contributed by atoms with van der Waals surface area (Å²) < 4.78 is 0. The highest BCUT2D eigenvalue weighted by molar-refractivity contribution is 8.00. The average molecular weight is 350 g/mol. The molecule has 5 nitrogen and oxygen atoms in total. The van der Waals surface area contributed by atoms with Gasteiger partial charge in [0.1, 0.15) is 15.7 Å². The van der Waals surface area contributed by atoms with Crippen molar-refractivity contribution in [3.63, 3.8) is 0 Å². The van der Waals surface area contributed by atoms with Gasteiger partial charge in [0.15, 0.2) is 5.13 Å². The molecule has 3 heterocycles. The molecule has 22 heavy (non-hydrogen) atoms. The highest BCUT2D eigenvalue weighted by Gasteiger charge is 2.15. The summed E-state index contributed by atoms with van der Waals surface area (Å²) in [6.07, 6.45) is 1.67. The van der Waals surface area contributed by atoms with Crippen molar-refractivity contribution in [1.29, 1.82) is 0 Å². The molecule has 3 rings (SSSR count). The molecule has 3 aromatic heterocycles. The van der Waals surface area contributed by atoms with Gasteiger partial charge in [-0.1, -0.05) is 11.8 Å². The van der Waals surface area contributed by atoms with E-state index < -0.39 is 0 Å². The Morgan fingerprint density at radius 3 is 2.86 bits per heavy atom. The third-order valence-corrected chi connectivity index (χ3v) is 5.89. The Balaban J connectivity index is 1.80. The van der Waals surface area contributed by atoms with E-state index in [-0.39, 0.29) is 5.91 Å². The maximum absolute atomic E-state index is 12.0. The van der Waals surface area contributed by atoms with Crippen molar-refractivity contribution in [2.45, 2.75) is 25.8 Å². The fourth-order valence-corrected chi connectivity index (χ4v) is 4.61. The van der Waals surface area contributed by atoms with E-state index in [4.69, 9.17) is 0 Å². The standard InChI is InChI=1S/C14H14N4OS3/c1-7-8(2)22-13-11(7)12(16-9(3)17-13)21-6-10(19)18-14-15-4-5-20-14/h4-5H,6H2,1-3H3,(H,15,18,19). The molecule has 0 fully saturated rings. The van der Waals surface area contributed by atoms with Gasteiger partial charge < -0.3 is 5.32 Å². The fourth-order valence-electron chi connectivity index (χ4n) is 1.99. The molecule has 0 aromatic carbocycles. The number of thiophene rings is 1. The molecule has 0 spiro atoms. The number of fused-ring (bicyclic) bond motifs is 1. The molecular weight excluding hydrogens is 336 g/mol. The molecular formula is C14H14N4OS3. The number of thioether (sulfide) groups is 1. The average Bonchev–Trinajstić information content (AvgIpc) is 3.05. The number of aryl methyl sites for hydroxylation is 3. The zero-order valence-electron chi connectivity index (χ0n) is 12.3. The summed E-state index contributed by atoms with van der Waals surface area (Å²) in [5.74, 6) is 0.963. The maximum Gasteiger partial charge on any atom is 0.236 e. The van der Waals surface area contributed by atoms with Gasteiger partial charge in [-0.15, -0.1) is 22.7 Å². The van der Waals surface area contributed by atoms with Crippen molar-refractivity contribution in [2.24, 2.45) is 0 Å². The van der Waals surface area contributed by atoms with Crippen LogP contribution in [0.2, 0.25) is 0 Å². The molecule has 0 saturated carbocycles. The largest absolute Gasteiger partial charge is 0.301 e. The molecule has 0 atom stereocenters. The summed E-state index contributed by atoms with van der Waals surface area (Å²) in [6, 6.07) is 0. The summed E-state index contributed by atoms with van der Waals surface area (Å²) in [7, 11) is 0. The molecule has 3 aromatic rings. The van der Waals surface area contributed by atoms with Gasteiger partial charge in [0.2, 0.25) is 5.91 Å². The normalized spacial score (nSPS) is 11.0. The Kier molecular flexibility index (Phi) is 4.42. The van der Waals surface area contributed by atoms with Crippen LogP contribution in [0, 0.1) is 20.8 Å². The van der Waals surface area contributed by atoms with Gasteiger partial charge in [0.05, 0.1) is 5.75 Å². The predicted octanol–water partition coefficient (Wildman–Crippen LogP) is 3.80. The zero-order valence-corrected chi connectivity index (χ0v) is 14.8. The zero-order chi connectivity index (χ0) is 15.7. The van der Waals surface area contributed by atoms with E-state index in [0.29, 0.717) is 10.9 Å². The van der Waals surface area contributed by atoms with Crippen molar-refractivity contribution >= 4 is 55.7 Å². The first-order valence-electron chi connectivity index (χ1n) is 6.61. The SMILES string of the molecule is Cc1nc(SCC(=O)Nc2nccs2)c2c(C)c(C)sc2n1. The molecule has 0 saturated heterocycles. The van der Waals surface area contributed by atoms with Crippen LogP contribution in [0.15, 0.2) is 16.6 Å². The van der Waals surface area contributed by atoms with Crippen LogP contribution in [0.25, 0.3) is 10.2 Å². The number of carbonyl (C=O) groups excluding carboxylic acids is 1. The summed E-state index contributed by atoms with van der Waals surface area (Å²) in [6.45, 7) is 6.04. The molecule has 8 heteroatoms. The van der Waals surface area contributed by atoms with Gasteiger partial charge in [-0.2, -0.15) is 0 Å². The second-order valence-corrected chi connectivity index (χ2v) is 7.78. The lowest BCUT2D eigenvalue weighted by Gasteiger charge is -2.05. The van der Waals surface area contributed by atoms with Crippen molar-refractivity contribution in [2.75, 3.05) is 11.1 Å². The summed E-state index contributed by atoms with van der Waals surface area (Å²) in [4.78, 5) is 27.3. The number of hydrogen-bond acceptors (Lipinski definition) is 7. The number of hydrogen-bond donors (Lipinski definition) is 1. The highest BCUT2D eigenvalue weighted by Crippen LogP contribution is 2.35. The maximum atomic E-state index is 12.0. The first-order chi connectivity index (χ1) is 10.5. The van der Waals surface area contributed by atoms with Crippen LogP contribution in [0.1, 0.15) is 16.3 Å². The van der Waals surface area contributed by atoms with E-state index in [1.54, 1.807) is 17.5 Å². The van der Waals surface area contributed by atoms with Crippen molar-refractivity contribution in [3.8, 4) is 0 Å². The van der Waals surface area contributed by atoms with Crippen LogP contribution in [0.3, 0.4) is 0 Å². The summed E-state index contributed by atoms with van der Waals surface area (Å²) in [5, 5.41) is 7.18. The Morgan fingerprint density at radius 1 is 1.32 bits per heavy atom. The third kappa shape index (κ3) is 3.13. The van der Waals surface area contributed by atoms with E-state index in [2.05, 4.69) is 34.1 Å². The van der Waals surface area contributed by atoms with Crippen molar-refractivity contribution < 1.29 is 4.79 Å². The lowest BCUT2D eigenvalue weighted by Crippen LogP contribution is -2.14. The molecule has 0 aliphatic rings. The number of anilines is 1. The Bertz CT molecular complexity index is 826. The monoisotopic (exact) mass is 350 g/mol. The molecule has 0 aliphatic carbocycles. The van der Waals surface area contributed by atoms with Crippen LogP contribution in [-0.4, -0.2) is 26.6 Å². The number of thiazole rings is 1. The molecule has 0 unspecified atom stereocenters. The van der Waals surface area contributed by atoms with Crippen LogP contribution in [0.5, 0.6) is 0 Å². The lowest BCUT2D eigenvalue weighted by molar-refractivity contribution is -0.113. The second kappa shape index (κ2) is 6.31. The minimum Gasteiger partial charge on any atom is -0.301 e. The van der Waals surface area contributed by atoms with Crippen LogP contribution < -0.4 is 5.32 Å². The van der Waals surface area contributed by atoms with Gasteiger partial charge >= 0.3 is 0 Å². The van der Waals surface area contributed by atoms with Crippen LogP contribution >= 0.6 is 34.4 Å². The number of nitrogens with zero attached hydrogens (tertiary/aromatic N) is 3. The molecule has 0 radical (unpaired) electrons. The summed E-state index contributed by atoms with van der Waals surface area (Å²) >= 11 is 4.52. The quantitative estimate of drug-likeness (QED) is 0.572. The van der Waals surface area contributed by atoms with E-state index in [1.165, 1.54) is 33.5 Å². The number of nitrogens with one attached hydrogen (secondary N) is 1. The first kappa shape index (κ1) is 15.4. The molecule has 0 bridgehead atoms. The third-order valence-electron chi connectivity index (χ3n) is 3.13. The van der Waals surface area contributed by atoms with Crippen molar-refractivity contribution in [3.05, 3.63) is 27.8 Å². The Labute approximate surface area is 140 Å². The van der Waals surface area contributed by atoms with E-state index in [9.17, 15) is 4.79 Å². The summed E-state index contributed by atoms with van der Waals surface area (Å²) in [5.41, 5.74) is 1.20. The first-order valence-corrected chi connectivity index (χ1v) is 9.29. The number of carbonyl (C=O) groups is 1. The minimum atomic E-state index is -0.0750. The van der Waals surface area contributed by atoms with E-state index >= 15 is 0 Å². The second-order valence-electron chi connectivity index (χ2n) is 4.71. The molecule has 0 aliphatic heterocycles. The smallest absolute Gasteiger partial charge is 0.236 e. The Hall–Kier alpha value is -1.51. The highest BCUT2D eigenvalue weighted by atomic mass is 32.2. The fraction of sp³-hybridized carbons (Fsp3) is 0.286. The number of aromatic nitrogens is 3. The lowest BCUT2D eigenvalue weighted by atomic mass is 10.2. The van der Waals surface area contributed by atoms with Gasteiger partial charge in [0, 0.05) is 21.8 Å².